The summed E-state index contributed by atoms with van der Waals surface area (Å²) in [5.74, 6) is 0.532. The van der Waals surface area contributed by atoms with Gasteiger partial charge in [0.2, 0.25) is 0 Å². The van der Waals surface area contributed by atoms with Crippen LogP contribution in [0.4, 0.5) is 16.2 Å². The highest BCUT2D eigenvalue weighted by atomic mass is 35.5. The van der Waals surface area contributed by atoms with Gasteiger partial charge in [-0.05, 0) is 30.3 Å². The maximum Gasteiger partial charge on any atom is 0.323 e. The Balaban J connectivity index is 1.71. The van der Waals surface area contributed by atoms with Crippen LogP contribution in [0, 0.1) is 0 Å². The van der Waals surface area contributed by atoms with Crippen molar-refractivity contribution in [3.05, 3.63) is 53.8 Å². The van der Waals surface area contributed by atoms with Crippen molar-refractivity contribution >= 4 is 29.0 Å². The van der Waals surface area contributed by atoms with Gasteiger partial charge in [0.1, 0.15) is 12.1 Å². The zero-order chi connectivity index (χ0) is 17.1. The Morgan fingerprint density at radius 1 is 1.17 bits per heavy atom. The number of hydrogen-bond acceptors (Lipinski definition) is 4. The lowest BCUT2D eigenvalue weighted by Crippen LogP contribution is -2.19. The molecule has 0 saturated heterocycles. The van der Waals surface area contributed by atoms with E-state index in [1.165, 1.54) is 12.1 Å². The number of phenolic OH excluding ortho intramolecular Hbond substituents is 1. The molecule has 0 bridgehead atoms. The van der Waals surface area contributed by atoms with Crippen LogP contribution in [-0.2, 0) is 7.05 Å². The van der Waals surface area contributed by atoms with Gasteiger partial charge in [0.15, 0.2) is 5.82 Å². The van der Waals surface area contributed by atoms with Crippen molar-refractivity contribution in [3.8, 4) is 17.1 Å². The number of carbonyl (C=O) groups excluding carboxylic acids is 1. The van der Waals surface area contributed by atoms with Gasteiger partial charge in [0.25, 0.3) is 0 Å². The van der Waals surface area contributed by atoms with E-state index in [1.807, 2.05) is 6.07 Å². The number of aromatic hydroxyl groups is 1. The summed E-state index contributed by atoms with van der Waals surface area (Å²) in [5, 5.41) is 19.1. The summed E-state index contributed by atoms with van der Waals surface area (Å²) < 4.78 is 1.61. The van der Waals surface area contributed by atoms with Crippen molar-refractivity contribution in [3.63, 3.8) is 0 Å². The van der Waals surface area contributed by atoms with Crippen LogP contribution < -0.4 is 10.6 Å². The SMILES string of the molecule is Cn1cnc(-c2cccc(NC(=O)Nc3ccc(O)c(Cl)c3)c2)n1. The van der Waals surface area contributed by atoms with Gasteiger partial charge in [0.05, 0.1) is 5.02 Å². The quantitative estimate of drug-likeness (QED) is 0.635. The second kappa shape index (κ2) is 6.59. The number of benzene rings is 2. The standard InChI is InChI=1S/C16H14ClN5O2/c1-22-9-18-15(21-22)10-3-2-4-11(7-10)19-16(24)20-12-5-6-14(23)13(17)8-12/h2-9,23H,1H3,(H2,19,20,24). The zero-order valence-corrected chi connectivity index (χ0v) is 13.4. The molecule has 0 saturated carbocycles. The van der Waals surface area contributed by atoms with E-state index in [9.17, 15) is 9.90 Å². The van der Waals surface area contributed by atoms with Crippen molar-refractivity contribution in [2.24, 2.45) is 7.05 Å². The molecule has 1 aromatic heterocycles. The third-order valence-corrected chi connectivity index (χ3v) is 3.49. The number of amides is 2. The minimum Gasteiger partial charge on any atom is -0.506 e. The average molecular weight is 344 g/mol. The summed E-state index contributed by atoms with van der Waals surface area (Å²) in [6, 6.07) is 11.2. The minimum atomic E-state index is -0.428. The molecule has 3 rings (SSSR count). The number of carbonyl (C=O) groups is 1. The second-order valence-electron chi connectivity index (χ2n) is 5.07. The highest BCUT2D eigenvalue weighted by Gasteiger charge is 2.08. The van der Waals surface area contributed by atoms with Crippen LogP contribution >= 0.6 is 11.6 Å². The molecule has 0 aliphatic heterocycles. The Morgan fingerprint density at radius 2 is 1.92 bits per heavy atom. The molecule has 1 heterocycles. The first-order valence-electron chi connectivity index (χ1n) is 7.04. The van der Waals surface area contributed by atoms with Crippen LogP contribution in [-0.4, -0.2) is 25.9 Å². The molecule has 24 heavy (non-hydrogen) atoms. The highest BCUT2D eigenvalue weighted by Crippen LogP contribution is 2.26. The Kier molecular flexibility index (Phi) is 4.35. The normalized spacial score (nSPS) is 10.4. The molecule has 2 aromatic carbocycles. The molecule has 0 aliphatic carbocycles. The van der Waals surface area contributed by atoms with Crippen molar-refractivity contribution in [2.45, 2.75) is 0 Å². The largest absolute Gasteiger partial charge is 0.506 e. The molecule has 2 amide bonds. The highest BCUT2D eigenvalue weighted by molar-refractivity contribution is 6.32. The summed E-state index contributed by atoms with van der Waals surface area (Å²) in [5.41, 5.74) is 1.86. The molecule has 0 aliphatic rings. The van der Waals surface area contributed by atoms with E-state index in [4.69, 9.17) is 11.6 Å². The van der Waals surface area contributed by atoms with Crippen LogP contribution in [0.15, 0.2) is 48.8 Å². The molecular formula is C16H14ClN5O2. The zero-order valence-electron chi connectivity index (χ0n) is 12.7. The maximum atomic E-state index is 12.1. The number of aryl methyl sites for hydroxylation is 1. The van der Waals surface area contributed by atoms with E-state index in [-0.39, 0.29) is 10.8 Å². The van der Waals surface area contributed by atoms with Crippen LogP contribution in [0.2, 0.25) is 5.02 Å². The van der Waals surface area contributed by atoms with Gasteiger partial charge >= 0.3 is 6.03 Å². The van der Waals surface area contributed by atoms with Crippen LogP contribution in [0.5, 0.6) is 5.75 Å². The fourth-order valence-electron chi connectivity index (χ4n) is 2.09. The molecule has 0 fully saturated rings. The molecule has 7 nitrogen and oxygen atoms in total. The first kappa shape index (κ1) is 15.8. The van der Waals surface area contributed by atoms with Gasteiger partial charge in [-0.15, -0.1) is 0 Å². The van der Waals surface area contributed by atoms with Gasteiger partial charge in [-0.1, -0.05) is 23.7 Å². The van der Waals surface area contributed by atoms with Gasteiger partial charge in [-0.2, -0.15) is 5.10 Å². The minimum absolute atomic E-state index is 0.0433. The van der Waals surface area contributed by atoms with Crippen molar-refractivity contribution < 1.29 is 9.90 Å². The number of nitrogens with zero attached hydrogens (tertiary/aromatic N) is 3. The number of nitrogens with one attached hydrogen (secondary N) is 2. The lowest BCUT2D eigenvalue weighted by atomic mass is 10.2. The first-order chi connectivity index (χ1) is 11.5. The number of anilines is 2. The Labute approximate surface area is 142 Å². The molecule has 122 valence electrons. The second-order valence-corrected chi connectivity index (χ2v) is 5.48. The monoisotopic (exact) mass is 343 g/mol. The van der Waals surface area contributed by atoms with E-state index >= 15 is 0 Å². The number of urea groups is 1. The molecule has 0 spiro atoms. The number of phenols is 1. The molecule has 3 aromatic rings. The van der Waals surface area contributed by atoms with Gasteiger partial charge < -0.3 is 15.7 Å². The van der Waals surface area contributed by atoms with E-state index in [1.54, 1.807) is 42.3 Å². The summed E-state index contributed by atoms with van der Waals surface area (Å²) >= 11 is 5.81. The third-order valence-electron chi connectivity index (χ3n) is 3.18. The number of halogens is 1. The lowest BCUT2D eigenvalue weighted by molar-refractivity contribution is 0.262. The molecule has 3 N–H and O–H groups in total. The third kappa shape index (κ3) is 3.64. The van der Waals surface area contributed by atoms with E-state index < -0.39 is 6.03 Å². The van der Waals surface area contributed by atoms with Crippen molar-refractivity contribution in [2.75, 3.05) is 10.6 Å². The number of hydrogen-bond donors (Lipinski definition) is 3. The van der Waals surface area contributed by atoms with Gasteiger partial charge in [-0.25, -0.2) is 9.78 Å². The average Bonchev–Trinajstić information content (AvgIpc) is 2.98. The number of aromatic nitrogens is 3. The summed E-state index contributed by atoms with van der Waals surface area (Å²) in [6.07, 6.45) is 1.61. The first-order valence-corrected chi connectivity index (χ1v) is 7.41. The van der Waals surface area contributed by atoms with Gasteiger partial charge in [-0.3, -0.25) is 4.68 Å². The molecule has 0 unspecified atom stereocenters. The Hall–Kier alpha value is -3.06. The van der Waals surface area contributed by atoms with Crippen molar-refractivity contribution in [1.82, 2.24) is 14.8 Å². The van der Waals surface area contributed by atoms with E-state index in [2.05, 4.69) is 20.7 Å². The molecule has 0 radical (unpaired) electrons. The van der Waals surface area contributed by atoms with Crippen LogP contribution in [0.3, 0.4) is 0 Å². The number of rotatable bonds is 3. The summed E-state index contributed by atoms with van der Waals surface area (Å²) in [7, 11) is 1.79. The van der Waals surface area contributed by atoms with E-state index in [0.29, 0.717) is 17.2 Å². The topological polar surface area (TPSA) is 92.1 Å². The Morgan fingerprint density at radius 3 is 2.58 bits per heavy atom. The molecule has 8 heteroatoms. The predicted molar refractivity (Wildman–Crippen MR) is 92.2 cm³/mol. The van der Waals surface area contributed by atoms with Crippen LogP contribution in [0.1, 0.15) is 0 Å². The fourth-order valence-corrected chi connectivity index (χ4v) is 2.27. The Bertz CT molecular complexity index is 894. The lowest BCUT2D eigenvalue weighted by Gasteiger charge is -2.09. The molecule has 0 atom stereocenters. The smallest absolute Gasteiger partial charge is 0.323 e. The van der Waals surface area contributed by atoms with Gasteiger partial charge in [0, 0.05) is 24.0 Å². The van der Waals surface area contributed by atoms with Crippen LogP contribution in [0.25, 0.3) is 11.4 Å². The molecular weight excluding hydrogens is 330 g/mol. The fraction of sp³-hybridized carbons (Fsp3) is 0.0625. The van der Waals surface area contributed by atoms with Crippen molar-refractivity contribution in [1.29, 1.82) is 0 Å². The summed E-state index contributed by atoms with van der Waals surface area (Å²) in [4.78, 5) is 16.2. The predicted octanol–water partition coefficient (Wildman–Crippen LogP) is 3.49. The maximum absolute atomic E-state index is 12.1. The summed E-state index contributed by atoms with van der Waals surface area (Å²) in [6.45, 7) is 0. The van der Waals surface area contributed by atoms with E-state index in [0.717, 1.165) is 5.56 Å².